The minimum Gasteiger partial charge on any atom is -0.504 e. The Kier molecular flexibility index (Phi) is 23.8. The molecular weight excluding hydrogens is 1740 g/mol. The van der Waals surface area contributed by atoms with Crippen molar-refractivity contribution >= 4 is 122 Å². The number of H-pyrrole nitrogens is 6. The SMILES string of the molecule is COc1ccc2c3c([nH]c2c1)C(CC(CC1=NCCc2c1[nH]c1cc(OC)ccc21)c1ccc(OC)c(O)c1I)=NCC3.COc1ccc2c3c([nH]c2c1)C(CC(CC1=NCCc2c1[nH]c1cc(OC)ccc21)c1cccc(Oc2ccccc2)c1)=NCC3.COc1cccc(C(CC2=NCCc3c2[nH]c2cc(OC)ccc32)CC2=NCCc3c2[nH]c2cc(OC)ccc32)c1. The number of halogens is 1. The Labute approximate surface area is 766 Å². The van der Waals surface area contributed by atoms with E-state index in [-0.39, 0.29) is 23.5 Å². The summed E-state index contributed by atoms with van der Waals surface area (Å²) in [7, 11) is 13.5. The molecule has 22 nitrogen and oxygen atoms in total. The molecule has 22 rings (SSSR count). The number of hydrogen-bond acceptors (Lipinski definition) is 16. The Hall–Kier alpha value is -13.8. The molecule has 0 amide bonds. The maximum absolute atomic E-state index is 11.0. The van der Waals surface area contributed by atoms with Gasteiger partial charge in [-0.15, -0.1) is 0 Å². The van der Waals surface area contributed by atoms with Crippen molar-refractivity contribution in [1.82, 2.24) is 29.9 Å². The van der Waals surface area contributed by atoms with Crippen LogP contribution in [-0.2, 0) is 38.5 Å². The maximum atomic E-state index is 11.0. The summed E-state index contributed by atoms with van der Waals surface area (Å²) < 4.78 is 51.1. The number of aromatic nitrogens is 6. The van der Waals surface area contributed by atoms with E-state index in [1.165, 1.54) is 76.8 Å². The average Bonchev–Trinajstić information content (AvgIpc) is 1.58. The summed E-state index contributed by atoms with van der Waals surface area (Å²) >= 11 is 2.24. The largest absolute Gasteiger partial charge is 0.504 e. The standard InChI is InChI=1S/C39H36N4O3.C34H33IN4O4.C34H34N4O3/c1-44-27-11-13-30-32-15-17-40-36(38(32)42-34(30)22-27)20-25(24-7-6-10-29(19-24)46-26-8-4-3-5-9-26)21-37-39-33(16-18-41-37)31-14-12-28(45-2)23-35(31)43-39;1-41-19-4-6-22-24-10-12-36-28(32(24)38-26(22)16-19)14-18(21-8-9-30(43-3)34(40)31(21)35)15-29-33-25(11-13-37-29)23-7-5-20(42-2)17-27(23)39-33;1-39-22-6-4-5-20(15-22)21(16-31-33-27(11-13-35-31)25-9-7-23(40-2)18-29(25)37-33)17-32-34-28(12-14-36-32)26-10-8-24(41-3)19-30(26)38-34/h3-14,19,22-23,25,42-43H,15-18,20-21H2,1-2H3;4-9,16-18,38-40H,10-15H2,1-3H3;4-10,15,18-19,21,37-38H,11-14,16-17H2,1-3H3. The molecule has 0 saturated heterocycles. The fourth-order valence-electron chi connectivity index (χ4n) is 20.2. The second kappa shape index (κ2) is 36.7. The van der Waals surface area contributed by atoms with Gasteiger partial charge in [0.2, 0.25) is 0 Å². The third kappa shape index (κ3) is 16.6. The fraction of sp³-hybridized carbons (Fsp3) is 0.271. The lowest BCUT2D eigenvalue weighted by Crippen LogP contribution is -2.21. The number of phenolic OH excluding ortho intramolecular Hbond substituents is 1. The summed E-state index contributed by atoms with van der Waals surface area (Å²) in [5.41, 5.74) is 31.2. The van der Waals surface area contributed by atoms with Crippen LogP contribution in [0, 0.1) is 3.57 Å². The molecule has 6 aromatic heterocycles. The van der Waals surface area contributed by atoms with Gasteiger partial charge in [-0.2, -0.15) is 0 Å². The van der Waals surface area contributed by atoms with Crippen molar-refractivity contribution in [3.63, 3.8) is 0 Å². The molecule has 6 aliphatic heterocycles. The van der Waals surface area contributed by atoms with Gasteiger partial charge in [0, 0.05) is 141 Å². The molecule has 0 saturated carbocycles. The summed E-state index contributed by atoms with van der Waals surface area (Å²) in [6.45, 7) is 4.63. The molecule has 12 heterocycles. The van der Waals surface area contributed by atoms with E-state index in [9.17, 15) is 5.11 Å². The quantitative estimate of drug-likeness (QED) is 0.0266. The average molecular weight is 1840 g/mol. The highest BCUT2D eigenvalue weighted by Crippen LogP contribution is 2.45. The highest BCUT2D eigenvalue weighted by molar-refractivity contribution is 14.1. The number of aromatic hydroxyl groups is 1. The minimum absolute atomic E-state index is 0.0139. The van der Waals surface area contributed by atoms with Crippen LogP contribution < -0.4 is 42.6 Å². The Balaban J connectivity index is 0.000000122. The van der Waals surface area contributed by atoms with Gasteiger partial charge in [0.05, 0.1) is 129 Å². The molecule has 658 valence electrons. The van der Waals surface area contributed by atoms with Crippen LogP contribution in [0.4, 0.5) is 0 Å². The zero-order chi connectivity index (χ0) is 88.6. The highest BCUT2D eigenvalue weighted by Gasteiger charge is 2.34. The third-order valence-corrected chi connectivity index (χ3v) is 27.8. The first-order valence-corrected chi connectivity index (χ1v) is 45.7. The Morgan fingerprint density at radius 1 is 0.277 bits per heavy atom. The molecule has 0 bridgehead atoms. The zero-order valence-electron chi connectivity index (χ0n) is 74.2. The number of ether oxygens (including phenoxy) is 9. The molecule has 7 N–H and O–H groups in total. The number of benzene rings is 10. The first-order chi connectivity index (χ1) is 63.8. The number of fused-ring (bicyclic) bond motifs is 18. The molecule has 0 unspecified atom stereocenters. The van der Waals surface area contributed by atoms with E-state index < -0.39 is 0 Å². The van der Waals surface area contributed by atoms with Gasteiger partial charge >= 0.3 is 0 Å². The van der Waals surface area contributed by atoms with E-state index in [1.807, 2.05) is 84.9 Å². The molecule has 0 spiro atoms. The molecular formula is C107H103IN12O10. The van der Waals surface area contributed by atoms with Gasteiger partial charge in [-0.1, -0.05) is 48.5 Å². The lowest BCUT2D eigenvalue weighted by Gasteiger charge is -2.24. The monoisotopic (exact) mass is 1840 g/mol. The van der Waals surface area contributed by atoms with Gasteiger partial charge in [-0.25, -0.2) is 0 Å². The van der Waals surface area contributed by atoms with Gasteiger partial charge in [-0.3, -0.25) is 30.0 Å². The van der Waals surface area contributed by atoms with Crippen LogP contribution in [0.5, 0.6) is 63.2 Å². The lowest BCUT2D eigenvalue weighted by atomic mass is 9.84. The number of aromatic amines is 6. The number of aliphatic imine (C=N–C) groups is 6. The van der Waals surface area contributed by atoms with E-state index in [0.29, 0.717) is 18.6 Å². The first kappa shape index (κ1) is 84.4. The smallest absolute Gasteiger partial charge is 0.171 e. The number of rotatable bonds is 25. The van der Waals surface area contributed by atoms with Crippen LogP contribution in [0.15, 0.2) is 230 Å². The lowest BCUT2D eigenvalue weighted by molar-refractivity contribution is 0.371. The summed E-state index contributed by atoms with van der Waals surface area (Å²) in [6, 6.07) is 68.3. The van der Waals surface area contributed by atoms with Crippen LogP contribution in [0.3, 0.4) is 0 Å². The molecule has 130 heavy (non-hydrogen) atoms. The molecule has 23 heteroatoms. The van der Waals surface area contributed by atoms with E-state index in [1.54, 1.807) is 56.9 Å². The first-order valence-electron chi connectivity index (χ1n) is 44.7. The Morgan fingerprint density at radius 3 is 0.823 bits per heavy atom. The maximum Gasteiger partial charge on any atom is 0.171 e. The van der Waals surface area contributed by atoms with Crippen LogP contribution in [0.25, 0.3) is 65.4 Å². The number of nitrogens with one attached hydrogen (secondary N) is 6. The minimum atomic E-state index is 0.0139. The molecule has 10 aromatic carbocycles. The van der Waals surface area contributed by atoms with Crippen molar-refractivity contribution < 1.29 is 47.7 Å². The summed E-state index contributed by atoms with van der Waals surface area (Å²) in [6.07, 6.45) is 10.0. The van der Waals surface area contributed by atoms with Crippen molar-refractivity contribution in [2.45, 2.75) is 94.8 Å². The molecule has 16 aromatic rings. The molecule has 6 aliphatic rings. The van der Waals surface area contributed by atoms with E-state index in [2.05, 4.69) is 168 Å². The normalized spacial score (nSPS) is 14.4. The molecule has 0 fully saturated rings. The van der Waals surface area contributed by atoms with Crippen LogP contribution in [-0.4, -0.2) is 165 Å². The van der Waals surface area contributed by atoms with Crippen molar-refractivity contribution in [3.8, 4) is 63.2 Å². The summed E-state index contributed by atoms with van der Waals surface area (Å²) in [5, 5.41) is 18.4. The second-order valence-electron chi connectivity index (χ2n) is 33.9. The van der Waals surface area contributed by atoms with Crippen LogP contribution in [0.1, 0.15) is 141 Å². The predicted molar refractivity (Wildman–Crippen MR) is 529 cm³/mol. The Morgan fingerprint density at radius 2 is 0.538 bits per heavy atom. The number of nitrogens with zero attached hydrogens (tertiary/aromatic N) is 6. The summed E-state index contributed by atoms with van der Waals surface area (Å²) in [5.74, 6) is 8.49. The van der Waals surface area contributed by atoms with Crippen molar-refractivity contribution in [1.29, 1.82) is 0 Å². The van der Waals surface area contributed by atoms with E-state index >= 15 is 0 Å². The number of phenols is 1. The van der Waals surface area contributed by atoms with Crippen molar-refractivity contribution in [2.75, 3.05) is 96.1 Å². The molecule has 0 aliphatic carbocycles. The van der Waals surface area contributed by atoms with Crippen molar-refractivity contribution in [3.05, 3.63) is 288 Å². The van der Waals surface area contributed by atoms with Gasteiger partial charge < -0.3 is 77.6 Å². The van der Waals surface area contributed by atoms with Gasteiger partial charge in [0.15, 0.2) is 11.5 Å². The third-order valence-electron chi connectivity index (χ3n) is 26.7. The predicted octanol–water partition coefficient (Wildman–Crippen LogP) is 22.0. The van der Waals surface area contributed by atoms with Crippen LogP contribution in [0.2, 0.25) is 0 Å². The van der Waals surface area contributed by atoms with Gasteiger partial charge in [0.1, 0.15) is 51.7 Å². The fourth-order valence-corrected chi connectivity index (χ4v) is 21.1. The van der Waals surface area contributed by atoms with Gasteiger partial charge in [-0.05, 0) is 283 Å². The topological polar surface area (TPSA) is 272 Å². The second-order valence-corrected chi connectivity index (χ2v) is 35.0. The van der Waals surface area contributed by atoms with Gasteiger partial charge in [0.25, 0.3) is 0 Å². The number of para-hydroxylation sites is 1. The number of hydrogen-bond donors (Lipinski definition) is 7. The van der Waals surface area contributed by atoms with Crippen molar-refractivity contribution in [2.24, 2.45) is 30.0 Å². The number of methoxy groups -OCH3 is 8. The molecule has 0 radical (unpaired) electrons. The molecule has 0 atom stereocenters. The summed E-state index contributed by atoms with van der Waals surface area (Å²) in [4.78, 5) is 52.6. The van der Waals surface area contributed by atoms with E-state index in [0.717, 1.165) is 266 Å². The highest BCUT2D eigenvalue weighted by atomic mass is 127. The van der Waals surface area contributed by atoms with Crippen LogP contribution >= 0.6 is 22.6 Å². The van der Waals surface area contributed by atoms with E-state index in [4.69, 9.17) is 72.6 Å². The zero-order valence-corrected chi connectivity index (χ0v) is 76.4. The Bertz CT molecular complexity index is 6910.